The number of carbonyl (C=O) groups excluding carboxylic acids is 2. The lowest BCUT2D eigenvalue weighted by atomic mass is 10.0. The lowest BCUT2D eigenvalue weighted by Gasteiger charge is -2.37. The average Bonchev–Trinajstić information content (AvgIpc) is 2.77. The van der Waals surface area contributed by atoms with Crippen LogP contribution in [0.4, 0.5) is 11.5 Å². The summed E-state index contributed by atoms with van der Waals surface area (Å²) < 4.78 is 0. The molecule has 3 rings (SSSR count). The van der Waals surface area contributed by atoms with Crippen LogP contribution in [-0.4, -0.2) is 52.8 Å². The van der Waals surface area contributed by atoms with Crippen molar-refractivity contribution >= 4 is 23.3 Å². The summed E-state index contributed by atoms with van der Waals surface area (Å²) in [6.07, 6.45) is 1.60. The molecule has 1 aliphatic heterocycles. The molecule has 31 heavy (non-hydrogen) atoms. The third-order valence-electron chi connectivity index (χ3n) is 5.14. The van der Waals surface area contributed by atoms with Gasteiger partial charge < -0.3 is 15.1 Å². The second-order valence-electron chi connectivity index (χ2n) is 7.95. The van der Waals surface area contributed by atoms with Crippen molar-refractivity contribution in [2.24, 2.45) is 5.92 Å². The first-order valence-corrected chi connectivity index (χ1v) is 10.3. The second-order valence-corrected chi connectivity index (χ2v) is 7.95. The van der Waals surface area contributed by atoms with E-state index in [4.69, 9.17) is 0 Å². The Morgan fingerprint density at radius 1 is 1.10 bits per heavy atom. The molecular formula is C22H27N5O4. The zero-order chi connectivity index (χ0) is 22.4. The van der Waals surface area contributed by atoms with Gasteiger partial charge >= 0.3 is 0 Å². The van der Waals surface area contributed by atoms with Gasteiger partial charge in [-0.05, 0) is 17.5 Å². The van der Waals surface area contributed by atoms with E-state index in [1.54, 1.807) is 11.0 Å². The van der Waals surface area contributed by atoms with Gasteiger partial charge in [-0.1, -0.05) is 44.2 Å². The van der Waals surface area contributed by atoms with E-state index in [-0.39, 0.29) is 23.4 Å². The van der Waals surface area contributed by atoms with E-state index < -0.39 is 11.0 Å². The molecule has 0 bridgehead atoms. The minimum Gasteiger partial charge on any atom is -0.353 e. The van der Waals surface area contributed by atoms with Crippen LogP contribution in [0.1, 0.15) is 31.9 Å². The third-order valence-corrected chi connectivity index (χ3v) is 5.14. The molecule has 0 spiro atoms. The van der Waals surface area contributed by atoms with Crippen molar-refractivity contribution in [1.82, 2.24) is 15.2 Å². The molecule has 9 heteroatoms. The molecule has 9 nitrogen and oxygen atoms in total. The van der Waals surface area contributed by atoms with E-state index in [9.17, 15) is 19.7 Å². The van der Waals surface area contributed by atoms with Gasteiger partial charge in [-0.25, -0.2) is 4.98 Å². The van der Waals surface area contributed by atoms with Crippen LogP contribution in [0.25, 0.3) is 0 Å². The van der Waals surface area contributed by atoms with Crippen molar-refractivity contribution in [3.63, 3.8) is 0 Å². The number of rotatable bonds is 7. The molecule has 0 saturated carbocycles. The first-order chi connectivity index (χ1) is 14.8. The minimum atomic E-state index is -0.725. The molecule has 2 aromatic rings. The van der Waals surface area contributed by atoms with Crippen LogP contribution in [0.5, 0.6) is 0 Å². The lowest BCUT2D eigenvalue weighted by Crippen LogP contribution is -2.52. The summed E-state index contributed by atoms with van der Waals surface area (Å²) in [6.45, 7) is 5.98. The standard InChI is InChI=1S/C22H27N5O4/c1-16(2)14-20(28)24-21(17-6-4-3-5-7-17)22(29)26-12-10-25(11-13-26)19-9-8-18(15-23-19)27(30)31/h3-9,15-16,21H,10-14H2,1-2H3,(H,24,28). The molecule has 0 radical (unpaired) electrons. The van der Waals surface area contributed by atoms with Gasteiger partial charge in [-0.2, -0.15) is 0 Å². The van der Waals surface area contributed by atoms with Crippen LogP contribution in [0.3, 0.4) is 0 Å². The largest absolute Gasteiger partial charge is 0.353 e. The Morgan fingerprint density at radius 3 is 2.32 bits per heavy atom. The fraction of sp³-hybridized carbons (Fsp3) is 0.409. The number of hydrogen-bond donors (Lipinski definition) is 1. The number of nitrogens with one attached hydrogen (secondary N) is 1. The molecule has 0 aliphatic carbocycles. The summed E-state index contributed by atoms with van der Waals surface area (Å²) in [5.74, 6) is 0.553. The number of hydrogen-bond acceptors (Lipinski definition) is 6. The minimum absolute atomic E-state index is 0.0552. The van der Waals surface area contributed by atoms with Crippen molar-refractivity contribution in [2.45, 2.75) is 26.3 Å². The Labute approximate surface area is 181 Å². The first-order valence-electron chi connectivity index (χ1n) is 10.3. The zero-order valence-electron chi connectivity index (χ0n) is 17.7. The van der Waals surface area contributed by atoms with E-state index in [0.717, 1.165) is 5.56 Å². The number of piperazine rings is 1. The summed E-state index contributed by atoms with van der Waals surface area (Å²) >= 11 is 0. The maximum atomic E-state index is 13.3. The van der Waals surface area contributed by atoms with E-state index >= 15 is 0 Å². The van der Waals surface area contributed by atoms with Gasteiger partial charge in [0, 0.05) is 38.7 Å². The van der Waals surface area contributed by atoms with Crippen LogP contribution < -0.4 is 10.2 Å². The van der Waals surface area contributed by atoms with Crippen molar-refractivity contribution in [2.75, 3.05) is 31.1 Å². The topological polar surface area (TPSA) is 109 Å². The maximum Gasteiger partial charge on any atom is 0.287 e. The molecule has 1 saturated heterocycles. The number of aromatic nitrogens is 1. The quantitative estimate of drug-likeness (QED) is 0.539. The van der Waals surface area contributed by atoms with Crippen molar-refractivity contribution in [3.05, 3.63) is 64.3 Å². The number of anilines is 1. The van der Waals surface area contributed by atoms with E-state index in [0.29, 0.717) is 38.4 Å². The average molecular weight is 425 g/mol. The zero-order valence-corrected chi connectivity index (χ0v) is 17.7. The molecule has 2 amide bonds. The van der Waals surface area contributed by atoms with Crippen molar-refractivity contribution in [3.8, 4) is 0 Å². The van der Waals surface area contributed by atoms with Crippen LogP contribution in [0, 0.1) is 16.0 Å². The molecule has 2 heterocycles. The van der Waals surface area contributed by atoms with Gasteiger partial charge in [-0.3, -0.25) is 19.7 Å². The fourth-order valence-corrected chi connectivity index (χ4v) is 3.54. The highest BCUT2D eigenvalue weighted by molar-refractivity contribution is 5.89. The van der Waals surface area contributed by atoms with Crippen molar-refractivity contribution < 1.29 is 14.5 Å². The summed E-state index contributed by atoms with van der Waals surface area (Å²) in [5, 5.41) is 13.7. The van der Waals surface area contributed by atoms with Gasteiger partial charge in [0.1, 0.15) is 18.1 Å². The number of amides is 2. The highest BCUT2D eigenvalue weighted by atomic mass is 16.6. The Balaban J connectivity index is 1.67. The van der Waals surface area contributed by atoms with Gasteiger partial charge in [-0.15, -0.1) is 0 Å². The van der Waals surface area contributed by atoms with Gasteiger partial charge in [0.15, 0.2) is 0 Å². The molecular weight excluding hydrogens is 398 g/mol. The highest BCUT2D eigenvalue weighted by Crippen LogP contribution is 2.21. The van der Waals surface area contributed by atoms with Crippen LogP contribution in [0.15, 0.2) is 48.7 Å². The number of pyridine rings is 1. The molecule has 164 valence electrons. The Bertz CT molecular complexity index is 909. The molecule has 1 unspecified atom stereocenters. The monoisotopic (exact) mass is 425 g/mol. The van der Waals surface area contributed by atoms with Crippen LogP contribution >= 0.6 is 0 Å². The normalized spacial score (nSPS) is 14.9. The number of nitro groups is 1. The molecule has 1 aromatic carbocycles. The van der Waals surface area contributed by atoms with E-state index in [1.165, 1.54) is 12.3 Å². The summed E-state index contributed by atoms with van der Waals surface area (Å²) in [5.41, 5.74) is 0.699. The summed E-state index contributed by atoms with van der Waals surface area (Å²) in [7, 11) is 0. The Hall–Kier alpha value is -3.49. The van der Waals surface area contributed by atoms with Gasteiger partial charge in [0.05, 0.1) is 4.92 Å². The predicted octanol–water partition coefficient (Wildman–Crippen LogP) is 2.54. The van der Waals surface area contributed by atoms with Gasteiger partial charge in [0.2, 0.25) is 11.8 Å². The Morgan fingerprint density at radius 2 is 1.77 bits per heavy atom. The van der Waals surface area contributed by atoms with E-state index in [2.05, 4.69) is 10.3 Å². The molecule has 1 aromatic heterocycles. The van der Waals surface area contributed by atoms with Gasteiger partial charge in [0.25, 0.3) is 5.69 Å². The lowest BCUT2D eigenvalue weighted by molar-refractivity contribution is -0.385. The van der Waals surface area contributed by atoms with Crippen LogP contribution in [0.2, 0.25) is 0 Å². The predicted molar refractivity (Wildman–Crippen MR) is 116 cm³/mol. The molecule has 1 atom stereocenters. The van der Waals surface area contributed by atoms with Crippen molar-refractivity contribution in [1.29, 1.82) is 0 Å². The number of nitrogens with zero attached hydrogens (tertiary/aromatic N) is 4. The summed E-state index contributed by atoms with van der Waals surface area (Å²) in [4.78, 5) is 43.9. The fourth-order valence-electron chi connectivity index (χ4n) is 3.54. The first kappa shape index (κ1) is 22.2. The SMILES string of the molecule is CC(C)CC(=O)NC(C(=O)N1CCN(c2ccc([N+](=O)[O-])cn2)CC1)c1ccccc1. The smallest absolute Gasteiger partial charge is 0.287 e. The molecule has 1 N–H and O–H groups in total. The molecule has 1 fully saturated rings. The summed E-state index contributed by atoms with van der Waals surface area (Å²) in [6, 6.07) is 11.6. The second kappa shape index (κ2) is 10.0. The van der Waals surface area contributed by atoms with Crippen LogP contribution in [-0.2, 0) is 9.59 Å². The Kier molecular flexibility index (Phi) is 7.17. The van der Waals surface area contributed by atoms with E-state index in [1.807, 2.05) is 49.1 Å². The molecule has 1 aliphatic rings. The highest BCUT2D eigenvalue weighted by Gasteiger charge is 2.30. The third kappa shape index (κ3) is 5.78. The number of benzene rings is 1. The number of carbonyl (C=O) groups is 2. The maximum absolute atomic E-state index is 13.3.